The van der Waals surface area contributed by atoms with Crippen LogP contribution in [0.3, 0.4) is 0 Å². The van der Waals surface area contributed by atoms with Gasteiger partial charge in [0.05, 0.1) is 11.1 Å². The monoisotopic (exact) mass is 841 g/mol. The van der Waals surface area contributed by atoms with Crippen molar-refractivity contribution in [3.05, 3.63) is 261 Å². The van der Waals surface area contributed by atoms with Gasteiger partial charge in [0.15, 0.2) is 0 Å². The molecule has 0 bridgehead atoms. The van der Waals surface area contributed by atoms with Gasteiger partial charge in [0.2, 0.25) is 0 Å². The summed E-state index contributed by atoms with van der Waals surface area (Å²) in [6.07, 6.45) is 0. The highest BCUT2D eigenvalue weighted by molar-refractivity contribution is 6.17. The van der Waals surface area contributed by atoms with Crippen molar-refractivity contribution < 1.29 is 4.42 Å². The number of anilines is 3. The van der Waals surface area contributed by atoms with Crippen molar-refractivity contribution in [2.75, 3.05) is 4.90 Å². The molecule has 12 aromatic rings. The molecule has 310 valence electrons. The van der Waals surface area contributed by atoms with Gasteiger partial charge in [-0.3, -0.25) is 0 Å². The molecule has 0 N–H and O–H groups in total. The maximum absolute atomic E-state index is 6.80. The van der Waals surface area contributed by atoms with Crippen molar-refractivity contribution in [1.29, 1.82) is 0 Å². The number of furan rings is 1. The first kappa shape index (κ1) is 38.9. The van der Waals surface area contributed by atoms with E-state index in [1.165, 1.54) is 60.8 Å². The average molecular weight is 842 g/mol. The molecule has 2 heteroatoms. The molecular weight excluding hydrogens is 799 g/mol. The van der Waals surface area contributed by atoms with E-state index in [-0.39, 0.29) is 0 Å². The van der Waals surface area contributed by atoms with E-state index in [1.54, 1.807) is 0 Å². The van der Waals surface area contributed by atoms with Crippen molar-refractivity contribution in [3.8, 4) is 66.8 Å². The van der Waals surface area contributed by atoms with E-state index in [4.69, 9.17) is 4.42 Å². The standard InChI is InChI=1S/C64H43NO/c1-4-17-44(18-5-1)50-41-51(45-19-6-2-7-20-45)43-52(42-50)58-27-13-12-26-56(58)48-31-35-53(36-32-48)65(54-37-33-49(34-38-54)57-29-16-24-46-23-10-11-25-55(46)57)61-40-39-59(47-21-8-3-9-22-47)64-63(61)60-28-14-15-30-62(60)66-64/h1-43H. The van der Waals surface area contributed by atoms with Crippen LogP contribution in [-0.2, 0) is 0 Å². The summed E-state index contributed by atoms with van der Waals surface area (Å²) in [7, 11) is 0. The summed E-state index contributed by atoms with van der Waals surface area (Å²) in [5.74, 6) is 0. The van der Waals surface area contributed by atoms with Crippen LogP contribution in [0.1, 0.15) is 0 Å². The van der Waals surface area contributed by atoms with Gasteiger partial charge in [-0.25, -0.2) is 0 Å². The molecule has 12 rings (SSSR count). The van der Waals surface area contributed by atoms with Gasteiger partial charge in [0.25, 0.3) is 0 Å². The van der Waals surface area contributed by atoms with E-state index >= 15 is 0 Å². The maximum Gasteiger partial charge on any atom is 0.145 e. The third-order valence-corrected chi connectivity index (χ3v) is 12.9. The molecule has 1 heterocycles. The van der Waals surface area contributed by atoms with E-state index in [2.05, 4.69) is 260 Å². The normalized spacial score (nSPS) is 11.3. The van der Waals surface area contributed by atoms with Gasteiger partial charge >= 0.3 is 0 Å². The highest BCUT2D eigenvalue weighted by Crippen LogP contribution is 2.47. The van der Waals surface area contributed by atoms with Gasteiger partial charge in [0.1, 0.15) is 11.2 Å². The van der Waals surface area contributed by atoms with E-state index in [0.29, 0.717) is 0 Å². The quantitative estimate of drug-likeness (QED) is 0.144. The predicted molar refractivity (Wildman–Crippen MR) is 279 cm³/mol. The van der Waals surface area contributed by atoms with Crippen LogP contribution in [0.5, 0.6) is 0 Å². The van der Waals surface area contributed by atoms with Gasteiger partial charge in [-0.05, 0) is 133 Å². The summed E-state index contributed by atoms with van der Waals surface area (Å²) < 4.78 is 6.80. The topological polar surface area (TPSA) is 16.4 Å². The van der Waals surface area contributed by atoms with Crippen molar-refractivity contribution in [2.24, 2.45) is 0 Å². The Balaban J connectivity index is 1.01. The molecule has 0 saturated carbocycles. The number of fused-ring (bicyclic) bond motifs is 4. The fraction of sp³-hybridized carbons (Fsp3) is 0. The van der Waals surface area contributed by atoms with Gasteiger partial charge in [0, 0.05) is 22.3 Å². The van der Waals surface area contributed by atoms with E-state index in [0.717, 1.165) is 55.7 Å². The summed E-state index contributed by atoms with van der Waals surface area (Å²) in [5, 5.41) is 4.63. The molecule has 0 spiro atoms. The molecule has 0 aliphatic carbocycles. The Hall–Kier alpha value is -8.72. The minimum absolute atomic E-state index is 0.863. The molecule has 0 aliphatic heterocycles. The van der Waals surface area contributed by atoms with Gasteiger partial charge < -0.3 is 9.32 Å². The lowest BCUT2D eigenvalue weighted by atomic mass is 9.89. The third kappa shape index (κ3) is 7.12. The minimum atomic E-state index is 0.863. The maximum atomic E-state index is 6.80. The molecule has 0 saturated heterocycles. The Labute approximate surface area is 384 Å². The second kappa shape index (κ2) is 16.8. The Bertz CT molecular complexity index is 3600. The molecule has 0 radical (unpaired) electrons. The van der Waals surface area contributed by atoms with Crippen molar-refractivity contribution in [1.82, 2.24) is 0 Å². The summed E-state index contributed by atoms with van der Waals surface area (Å²) in [4.78, 5) is 2.39. The molecule has 0 amide bonds. The zero-order chi connectivity index (χ0) is 43.8. The molecule has 0 unspecified atom stereocenters. The minimum Gasteiger partial charge on any atom is -0.455 e. The molecule has 0 atom stereocenters. The summed E-state index contributed by atoms with van der Waals surface area (Å²) in [6, 6.07) is 93.8. The van der Waals surface area contributed by atoms with Crippen LogP contribution in [0.15, 0.2) is 265 Å². The Morgan fingerprint density at radius 2 is 0.727 bits per heavy atom. The van der Waals surface area contributed by atoms with Crippen LogP contribution in [0.2, 0.25) is 0 Å². The molecular formula is C64H43NO. The van der Waals surface area contributed by atoms with Crippen LogP contribution in [0.4, 0.5) is 17.1 Å². The molecule has 0 aliphatic rings. The summed E-state index contributed by atoms with van der Waals surface area (Å²) >= 11 is 0. The Kier molecular flexibility index (Phi) is 9.89. The predicted octanol–water partition coefficient (Wildman–Crippen LogP) is 18.2. The zero-order valence-electron chi connectivity index (χ0n) is 36.2. The average Bonchev–Trinajstić information content (AvgIpc) is 3.80. The lowest BCUT2D eigenvalue weighted by Gasteiger charge is -2.27. The Morgan fingerprint density at radius 3 is 1.36 bits per heavy atom. The van der Waals surface area contributed by atoms with E-state index in [1.807, 2.05) is 6.07 Å². The number of hydrogen-bond acceptors (Lipinski definition) is 2. The van der Waals surface area contributed by atoms with Crippen molar-refractivity contribution in [3.63, 3.8) is 0 Å². The van der Waals surface area contributed by atoms with Crippen LogP contribution in [-0.4, -0.2) is 0 Å². The first-order chi connectivity index (χ1) is 32.7. The van der Waals surface area contributed by atoms with Gasteiger partial charge in [-0.1, -0.05) is 200 Å². The van der Waals surface area contributed by atoms with Crippen LogP contribution in [0.25, 0.3) is 99.5 Å². The second-order valence-corrected chi connectivity index (χ2v) is 16.8. The number of hydrogen-bond donors (Lipinski definition) is 0. The number of benzene rings is 11. The van der Waals surface area contributed by atoms with E-state index in [9.17, 15) is 0 Å². The van der Waals surface area contributed by atoms with Crippen molar-refractivity contribution in [2.45, 2.75) is 0 Å². The first-order valence-corrected chi connectivity index (χ1v) is 22.6. The van der Waals surface area contributed by atoms with Crippen LogP contribution >= 0.6 is 0 Å². The smallest absolute Gasteiger partial charge is 0.145 e. The largest absolute Gasteiger partial charge is 0.455 e. The number of para-hydroxylation sites is 1. The van der Waals surface area contributed by atoms with Crippen LogP contribution < -0.4 is 4.90 Å². The zero-order valence-corrected chi connectivity index (χ0v) is 36.2. The molecule has 11 aromatic carbocycles. The highest BCUT2D eigenvalue weighted by Gasteiger charge is 2.23. The number of rotatable bonds is 9. The highest BCUT2D eigenvalue weighted by atomic mass is 16.3. The van der Waals surface area contributed by atoms with Gasteiger partial charge in [-0.15, -0.1) is 0 Å². The van der Waals surface area contributed by atoms with Gasteiger partial charge in [-0.2, -0.15) is 0 Å². The third-order valence-electron chi connectivity index (χ3n) is 12.9. The van der Waals surface area contributed by atoms with E-state index < -0.39 is 0 Å². The number of nitrogens with zero attached hydrogens (tertiary/aromatic N) is 1. The summed E-state index contributed by atoms with van der Waals surface area (Å²) in [6.45, 7) is 0. The molecule has 1 aromatic heterocycles. The Morgan fingerprint density at radius 1 is 0.273 bits per heavy atom. The van der Waals surface area contributed by atoms with Crippen molar-refractivity contribution >= 4 is 49.8 Å². The first-order valence-electron chi connectivity index (χ1n) is 22.6. The fourth-order valence-electron chi connectivity index (χ4n) is 9.69. The fourth-order valence-corrected chi connectivity index (χ4v) is 9.69. The summed E-state index contributed by atoms with van der Waals surface area (Å²) in [5.41, 5.74) is 18.9. The lowest BCUT2D eigenvalue weighted by molar-refractivity contribution is 0.670. The lowest BCUT2D eigenvalue weighted by Crippen LogP contribution is -2.10. The SMILES string of the molecule is c1ccc(-c2cc(-c3ccccc3)cc(-c3ccccc3-c3ccc(N(c4ccc(-c5cccc6ccccc56)cc4)c4ccc(-c5ccccc5)c5oc6ccccc6c45)cc3)c2)cc1. The molecule has 66 heavy (non-hydrogen) atoms. The molecule has 0 fully saturated rings. The van der Waals surface area contributed by atoms with Crippen LogP contribution in [0, 0.1) is 0 Å². The molecule has 2 nitrogen and oxygen atoms in total. The second-order valence-electron chi connectivity index (χ2n) is 16.8.